The minimum absolute atomic E-state index is 0.0464. The topological polar surface area (TPSA) is 69.9 Å². The summed E-state index contributed by atoms with van der Waals surface area (Å²) in [5, 5.41) is 20.7. The van der Waals surface area contributed by atoms with E-state index in [0.717, 1.165) is 0 Å². The lowest BCUT2D eigenvalue weighted by atomic mass is 10.2. The molecule has 2 N–H and O–H groups in total. The Morgan fingerprint density at radius 3 is 2.55 bits per heavy atom. The van der Waals surface area contributed by atoms with Gasteiger partial charge >= 0.3 is 0 Å². The van der Waals surface area contributed by atoms with Crippen LogP contribution in [0, 0.1) is 11.8 Å². The van der Waals surface area contributed by atoms with Gasteiger partial charge in [-0.3, -0.25) is 0 Å². The van der Waals surface area contributed by atoms with Gasteiger partial charge in [-0.05, 0) is 24.2 Å². The number of rotatable bonds is 1. The zero-order valence-corrected chi connectivity index (χ0v) is 5.90. The van der Waals surface area contributed by atoms with Crippen LogP contribution in [0.1, 0.15) is 5.56 Å². The number of aromatic hydroxyl groups is 2. The molecule has 11 heavy (non-hydrogen) atoms. The van der Waals surface area contributed by atoms with E-state index in [1.165, 1.54) is 19.1 Å². The highest BCUT2D eigenvalue weighted by Gasteiger charge is 2.07. The Hall–Kier alpha value is -1.58. The van der Waals surface area contributed by atoms with Crippen molar-refractivity contribution in [2.75, 3.05) is 0 Å². The van der Waals surface area contributed by atoms with E-state index in [0.29, 0.717) is 0 Å². The zero-order valence-electron chi connectivity index (χ0n) is 5.90. The molecule has 4 heteroatoms. The molecule has 58 valence electrons. The fourth-order valence-corrected chi connectivity index (χ4v) is 0.749. The van der Waals surface area contributed by atoms with E-state index >= 15 is 0 Å². The predicted octanol–water partition coefficient (Wildman–Crippen LogP) is 1.80. The molecule has 0 aliphatic carbocycles. The number of phenolic OH excluding ortho intramolecular Hbond substituents is 2. The molecule has 0 heterocycles. The number of nitrogens with zero attached hydrogens (tertiary/aromatic N) is 1. The quantitative estimate of drug-likeness (QED) is 0.604. The third-order valence-electron chi connectivity index (χ3n) is 1.48. The van der Waals surface area contributed by atoms with Crippen LogP contribution in [0.3, 0.4) is 0 Å². The summed E-state index contributed by atoms with van der Waals surface area (Å²) in [4.78, 5) is 10.00. The summed E-state index contributed by atoms with van der Waals surface area (Å²) in [6, 6.07) is 2.57. The molecular formula is C7H7NO3. The monoisotopic (exact) mass is 153 g/mol. The van der Waals surface area contributed by atoms with Gasteiger partial charge in [0.2, 0.25) is 0 Å². The molecule has 0 aromatic heterocycles. The SMILES string of the molecule is Cc1c(O)ccc(N=O)c1O. The molecule has 1 aromatic rings. The van der Waals surface area contributed by atoms with Crippen LogP contribution in [0.15, 0.2) is 17.3 Å². The van der Waals surface area contributed by atoms with E-state index in [9.17, 15) is 4.91 Å². The van der Waals surface area contributed by atoms with E-state index in [4.69, 9.17) is 10.2 Å². The molecule has 0 saturated carbocycles. The lowest BCUT2D eigenvalue weighted by molar-refractivity contribution is 0.444. The molecule has 0 spiro atoms. The molecule has 0 amide bonds. The molecule has 0 fully saturated rings. The van der Waals surface area contributed by atoms with Crippen molar-refractivity contribution in [3.05, 3.63) is 22.6 Å². The molecule has 0 unspecified atom stereocenters. The zero-order chi connectivity index (χ0) is 8.43. The van der Waals surface area contributed by atoms with E-state index in [1.807, 2.05) is 0 Å². The molecule has 0 atom stereocenters. The van der Waals surface area contributed by atoms with Gasteiger partial charge in [0.25, 0.3) is 0 Å². The van der Waals surface area contributed by atoms with Gasteiger partial charge in [-0.2, -0.15) is 0 Å². The molecule has 0 saturated heterocycles. The van der Waals surface area contributed by atoms with Gasteiger partial charge in [0.05, 0.1) is 0 Å². The summed E-state index contributed by atoms with van der Waals surface area (Å²) in [6.07, 6.45) is 0. The van der Waals surface area contributed by atoms with Gasteiger partial charge in [-0.25, -0.2) is 0 Å². The molecule has 0 radical (unpaired) electrons. The standard InChI is InChI=1S/C7H7NO3/c1-4-6(9)3-2-5(8-11)7(4)10/h2-3,9-10H,1H3. The van der Waals surface area contributed by atoms with Crippen LogP contribution in [0.5, 0.6) is 11.5 Å². The second-order valence-electron chi connectivity index (χ2n) is 2.17. The molecule has 0 aliphatic heterocycles. The highest BCUT2D eigenvalue weighted by Crippen LogP contribution is 2.34. The fourth-order valence-electron chi connectivity index (χ4n) is 0.749. The van der Waals surface area contributed by atoms with Crippen LogP contribution in [-0.4, -0.2) is 10.2 Å². The van der Waals surface area contributed by atoms with Crippen LogP contribution in [-0.2, 0) is 0 Å². The fraction of sp³-hybridized carbons (Fsp3) is 0.143. The maximum Gasteiger partial charge on any atom is 0.151 e. The first-order valence-corrected chi connectivity index (χ1v) is 3.01. The van der Waals surface area contributed by atoms with Gasteiger partial charge in [0.15, 0.2) is 5.75 Å². The average Bonchev–Trinajstić information content (AvgIpc) is 2.01. The Labute approximate surface area is 63.1 Å². The van der Waals surface area contributed by atoms with E-state index in [2.05, 4.69) is 5.18 Å². The van der Waals surface area contributed by atoms with Crippen molar-refractivity contribution in [3.8, 4) is 11.5 Å². The first-order valence-electron chi connectivity index (χ1n) is 3.01. The van der Waals surface area contributed by atoms with Gasteiger partial charge in [-0.1, -0.05) is 0 Å². The van der Waals surface area contributed by atoms with Gasteiger partial charge in [-0.15, -0.1) is 4.91 Å². The highest BCUT2D eigenvalue weighted by atomic mass is 16.3. The lowest BCUT2D eigenvalue weighted by Gasteiger charge is -2.01. The Morgan fingerprint density at radius 1 is 1.36 bits per heavy atom. The highest BCUT2D eigenvalue weighted by molar-refractivity contribution is 5.59. The number of hydrogen-bond donors (Lipinski definition) is 2. The Bertz CT molecular complexity index is 296. The van der Waals surface area contributed by atoms with Crippen LogP contribution in [0.25, 0.3) is 0 Å². The number of hydrogen-bond acceptors (Lipinski definition) is 4. The number of phenols is 2. The predicted molar refractivity (Wildman–Crippen MR) is 40.0 cm³/mol. The Kier molecular flexibility index (Phi) is 1.76. The van der Waals surface area contributed by atoms with Gasteiger partial charge < -0.3 is 10.2 Å². The van der Waals surface area contributed by atoms with Crippen LogP contribution >= 0.6 is 0 Å². The lowest BCUT2D eigenvalue weighted by Crippen LogP contribution is -1.76. The second kappa shape index (κ2) is 2.57. The van der Waals surface area contributed by atoms with Crippen LogP contribution in [0.4, 0.5) is 5.69 Å². The minimum atomic E-state index is -0.264. The first-order chi connectivity index (χ1) is 5.16. The summed E-state index contributed by atoms with van der Waals surface area (Å²) in [7, 11) is 0. The Morgan fingerprint density at radius 2 is 2.00 bits per heavy atom. The maximum atomic E-state index is 10.00. The first kappa shape index (κ1) is 7.53. The van der Waals surface area contributed by atoms with Crippen molar-refractivity contribution in [2.24, 2.45) is 5.18 Å². The van der Waals surface area contributed by atoms with Crippen LogP contribution in [0.2, 0.25) is 0 Å². The summed E-state index contributed by atoms with van der Waals surface area (Å²) < 4.78 is 0. The molecule has 0 bridgehead atoms. The van der Waals surface area contributed by atoms with Crippen LogP contribution < -0.4 is 0 Å². The average molecular weight is 153 g/mol. The van der Waals surface area contributed by atoms with Crippen molar-refractivity contribution >= 4 is 5.69 Å². The summed E-state index contributed by atoms with van der Waals surface area (Å²) in [6.45, 7) is 1.50. The molecular weight excluding hydrogens is 146 g/mol. The van der Waals surface area contributed by atoms with Gasteiger partial charge in [0.1, 0.15) is 11.4 Å². The summed E-state index contributed by atoms with van der Waals surface area (Å²) >= 11 is 0. The van der Waals surface area contributed by atoms with Crippen molar-refractivity contribution < 1.29 is 10.2 Å². The minimum Gasteiger partial charge on any atom is -0.508 e. The van der Waals surface area contributed by atoms with E-state index in [-0.39, 0.29) is 22.7 Å². The summed E-state index contributed by atoms with van der Waals surface area (Å²) in [5.74, 6) is -0.310. The molecule has 1 rings (SSSR count). The Balaban J connectivity index is 3.36. The number of nitroso groups, excluding NO2 is 1. The smallest absolute Gasteiger partial charge is 0.151 e. The second-order valence-corrected chi connectivity index (χ2v) is 2.17. The van der Waals surface area contributed by atoms with E-state index < -0.39 is 0 Å². The largest absolute Gasteiger partial charge is 0.508 e. The van der Waals surface area contributed by atoms with Crippen molar-refractivity contribution in [1.82, 2.24) is 0 Å². The van der Waals surface area contributed by atoms with Gasteiger partial charge in [0, 0.05) is 5.56 Å². The van der Waals surface area contributed by atoms with Crippen molar-refractivity contribution in [1.29, 1.82) is 0 Å². The van der Waals surface area contributed by atoms with E-state index in [1.54, 1.807) is 0 Å². The maximum absolute atomic E-state index is 10.00. The molecule has 0 aliphatic rings. The van der Waals surface area contributed by atoms with Crippen molar-refractivity contribution in [2.45, 2.75) is 6.92 Å². The molecule has 1 aromatic carbocycles. The normalized spacial score (nSPS) is 9.55. The summed E-state index contributed by atoms with van der Waals surface area (Å²) in [5.41, 5.74) is 0.211. The third-order valence-corrected chi connectivity index (χ3v) is 1.48. The third kappa shape index (κ3) is 1.14. The number of benzene rings is 1. The van der Waals surface area contributed by atoms with Crippen molar-refractivity contribution in [3.63, 3.8) is 0 Å². The molecule has 4 nitrogen and oxygen atoms in total.